The van der Waals surface area contributed by atoms with Crippen molar-refractivity contribution in [2.24, 2.45) is 5.41 Å². The quantitative estimate of drug-likeness (QED) is 0.494. The summed E-state index contributed by atoms with van der Waals surface area (Å²) in [5.74, 6) is 0.0467. The van der Waals surface area contributed by atoms with Gasteiger partial charge in [-0.3, -0.25) is 14.5 Å². The summed E-state index contributed by atoms with van der Waals surface area (Å²) >= 11 is 0. The second-order valence-electron chi connectivity index (χ2n) is 8.97. The summed E-state index contributed by atoms with van der Waals surface area (Å²) in [5, 5.41) is 4.69. The number of halogens is 1. The molecule has 1 saturated heterocycles. The van der Waals surface area contributed by atoms with Gasteiger partial charge in [-0.25, -0.2) is 17.8 Å². The lowest BCUT2D eigenvalue weighted by Crippen LogP contribution is -2.47. The first-order valence-corrected chi connectivity index (χ1v) is 12.2. The van der Waals surface area contributed by atoms with E-state index in [0.717, 1.165) is 0 Å². The molecule has 0 saturated carbocycles. The molecule has 0 aromatic carbocycles. The van der Waals surface area contributed by atoms with Crippen molar-refractivity contribution in [1.29, 1.82) is 0 Å². The molecule has 3 aromatic heterocycles. The predicted octanol–water partition coefficient (Wildman–Crippen LogP) is 3.78. The minimum absolute atomic E-state index is 0.00360. The summed E-state index contributed by atoms with van der Waals surface area (Å²) in [6, 6.07) is 5.08. The number of alkyl halides is 1. The Morgan fingerprint density at radius 1 is 1.25 bits per heavy atom. The molecular formula is C22H25FN4O4S. The van der Waals surface area contributed by atoms with Gasteiger partial charge >= 0.3 is 0 Å². The molecule has 3 aromatic rings. The molecule has 32 heavy (non-hydrogen) atoms. The molecule has 1 unspecified atom stereocenters. The van der Waals surface area contributed by atoms with Gasteiger partial charge in [0.1, 0.15) is 11.2 Å². The van der Waals surface area contributed by atoms with Crippen LogP contribution >= 0.6 is 0 Å². The average molecular weight is 461 g/mol. The normalized spacial score (nSPS) is 17.8. The van der Waals surface area contributed by atoms with Gasteiger partial charge < -0.3 is 4.74 Å². The molecule has 170 valence electrons. The zero-order chi connectivity index (χ0) is 23.3. The number of hydrogen-bond acceptors (Lipinski definition) is 7. The molecule has 0 N–H and O–H groups in total. The first kappa shape index (κ1) is 22.3. The number of carbonyl (C=O) groups excluding carboxylic acids is 1. The average Bonchev–Trinajstić information content (AvgIpc) is 3.05. The number of rotatable bonds is 7. The molecular weight excluding hydrogens is 435 g/mol. The minimum atomic E-state index is -3.03. The molecule has 0 spiro atoms. The monoisotopic (exact) mass is 460 g/mol. The topological polar surface area (TPSA) is 104 Å². The fourth-order valence-electron chi connectivity index (χ4n) is 4.16. The van der Waals surface area contributed by atoms with Crippen molar-refractivity contribution in [1.82, 2.24) is 19.7 Å². The zero-order valence-electron chi connectivity index (χ0n) is 18.4. The summed E-state index contributed by atoms with van der Waals surface area (Å²) in [4.78, 5) is 21.4. The van der Waals surface area contributed by atoms with Crippen LogP contribution in [0.25, 0.3) is 22.3 Å². The highest BCUT2D eigenvalue weighted by atomic mass is 32.2. The number of ketones is 1. The smallest absolute Gasteiger partial charge is 0.237 e. The second kappa shape index (κ2) is 7.91. The number of ether oxygens (including phenoxy) is 1. The number of fused-ring (bicyclic) bond motifs is 1. The van der Waals surface area contributed by atoms with Gasteiger partial charge in [-0.15, -0.1) is 0 Å². The number of sulfone groups is 1. The lowest BCUT2D eigenvalue weighted by molar-refractivity contribution is 0.0810. The SMILES string of the molecule is CC(F)Oc1cc(-c2nn(C(C)C)c3cc(C(=O)CC4(C)CS(=O)(=O)C4)cnc23)ccn1. The molecule has 8 nitrogen and oxygen atoms in total. The van der Waals surface area contributed by atoms with Crippen molar-refractivity contribution in [3.63, 3.8) is 0 Å². The predicted molar refractivity (Wildman–Crippen MR) is 118 cm³/mol. The van der Waals surface area contributed by atoms with Gasteiger partial charge in [-0.05, 0) is 26.0 Å². The van der Waals surface area contributed by atoms with Gasteiger partial charge in [0.05, 0.1) is 17.0 Å². The van der Waals surface area contributed by atoms with E-state index < -0.39 is 21.6 Å². The highest BCUT2D eigenvalue weighted by molar-refractivity contribution is 7.92. The Kier molecular flexibility index (Phi) is 5.52. The molecule has 10 heteroatoms. The number of Topliss-reactive ketones (excluding diaryl/α,β-unsaturated/α-hetero) is 1. The third-order valence-corrected chi connectivity index (χ3v) is 7.65. The maximum absolute atomic E-state index is 13.2. The van der Waals surface area contributed by atoms with E-state index in [-0.39, 0.29) is 35.6 Å². The Hall–Kier alpha value is -2.88. The molecule has 0 bridgehead atoms. The van der Waals surface area contributed by atoms with Crippen LogP contribution in [-0.2, 0) is 9.84 Å². The van der Waals surface area contributed by atoms with E-state index in [1.165, 1.54) is 19.3 Å². The zero-order valence-corrected chi connectivity index (χ0v) is 19.2. The number of carbonyl (C=O) groups is 1. The first-order valence-electron chi connectivity index (χ1n) is 10.4. The lowest BCUT2D eigenvalue weighted by atomic mass is 9.86. The third kappa shape index (κ3) is 4.36. The Balaban J connectivity index is 1.71. The maximum atomic E-state index is 13.2. The highest BCUT2D eigenvalue weighted by Gasteiger charge is 2.45. The summed E-state index contributed by atoms with van der Waals surface area (Å²) < 4.78 is 43.2. The Morgan fingerprint density at radius 3 is 2.59 bits per heavy atom. The first-order chi connectivity index (χ1) is 15.0. The summed E-state index contributed by atoms with van der Waals surface area (Å²) in [7, 11) is -3.03. The van der Waals surface area contributed by atoms with E-state index in [9.17, 15) is 17.6 Å². The van der Waals surface area contributed by atoms with Crippen molar-refractivity contribution < 1.29 is 22.3 Å². The van der Waals surface area contributed by atoms with E-state index in [2.05, 4.69) is 15.1 Å². The lowest BCUT2D eigenvalue weighted by Gasteiger charge is -2.37. The van der Waals surface area contributed by atoms with Crippen LogP contribution in [0.3, 0.4) is 0 Å². The van der Waals surface area contributed by atoms with E-state index in [1.54, 1.807) is 22.9 Å². The van der Waals surface area contributed by atoms with E-state index in [0.29, 0.717) is 27.9 Å². The van der Waals surface area contributed by atoms with Crippen LogP contribution in [0.2, 0.25) is 0 Å². The van der Waals surface area contributed by atoms with Gasteiger partial charge in [0.2, 0.25) is 12.2 Å². The van der Waals surface area contributed by atoms with Crippen LogP contribution in [-0.4, -0.2) is 51.8 Å². The Labute approximate surface area is 185 Å². The van der Waals surface area contributed by atoms with Crippen molar-refractivity contribution in [2.75, 3.05) is 11.5 Å². The van der Waals surface area contributed by atoms with Crippen molar-refractivity contribution in [2.45, 2.75) is 46.5 Å². The van der Waals surface area contributed by atoms with Crippen LogP contribution in [0, 0.1) is 5.41 Å². The van der Waals surface area contributed by atoms with Crippen molar-refractivity contribution in [3.8, 4) is 17.1 Å². The molecule has 1 atom stereocenters. The van der Waals surface area contributed by atoms with E-state index in [1.807, 2.05) is 20.8 Å². The van der Waals surface area contributed by atoms with E-state index in [4.69, 9.17) is 4.74 Å². The maximum Gasteiger partial charge on any atom is 0.237 e. The standard InChI is InChI=1S/C22H25FN4O4S/c1-13(2)27-17-7-16(18(28)9-22(4)11-32(29,30)12-22)10-25-21(17)20(26-27)15-5-6-24-19(8-15)31-14(3)23/h5-8,10,13-14H,9,11-12H2,1-4H3. The highest BCUT2D eigenvalue weighted by Crippen LogP contribution is 2.37. The molecule has 0 radical (unpaired) electrons. The van der Waals surface area contributed by atoms with Crippen LogP contribution in [0.4, 0.5) is 4.39 Å². The van der Waals surface area contributed by atoms with Gasteiger partial charge in [0, 0.05) is 54.4 Å². The summed E-state index contributed by atoms with van der Waals surface area (Å²) in [6.07, 6.45) is 1.66. The largest absolute Gasteiger partial charge is 0.444 e. The second-order valence-corrected chi connectivity index (χ2v) is 11.0. The Morgan fingerprint density at radius 2 is 1.97 bits per heavy atom. The van der Waals surface area contributed by atoms with Crippen LogP contribution in [0.1, 0.15) is 50.5 Å². The van der Waals surface area contributed by atoms with Gasteiger partial charge in [-0.2, -0.15) is 5.10 Å². The van der Waals surface area contributed by atoms with Gasteiger partial charge in [0.25, 0.3) is 0 Å². The van der Waals surface area contributed by atoms with Gasteiger partial charge in [0.15, 0.2) is 15.6 Å². The number of aromatic nitrogens is 4. The van der Waals surface area contributed by atoms with Crippen LogP contribution < -0.4 is 4.74 Å². The fourth-order valence-corrected chi connectivity index (χ4v) is 6.40. The molecule has 0 amide bonds. The molecule has 1 aliphatic heterocycles. The fraction of sp³-hybridized carbons (Fsp3) is 0.455. The number of hydrogen-bond donors (Lipinski definition) is 0. The minimum Gasteiger partial charge on any atom is -0.444 e. The molecule has 4 heterocycles. The van der Waals surface area contributed by atoms with E-state index >= 15 is 0 Å². The van der Waals surface area contributed by atoms with Crippen molar-refractivity contribution in [3.05, 3.63) is 36.2 Å². The molecule has 0 aliphatic carbocycles. The van der Waals surface area contributed by atoms with Gasteiger partial charge in [-0.1, -0.05) is 6.92 Å². The number of nitrogens with zero attached hydrogens (tertiary/aromatic N) is 4. The number of pyridine rings is 2. The molecule has 1 fully saturated rings. The van der Waals surface area contributed by atoms with Crippen molar-refractivity contribution >= 4 is 26.7 Å². The van der Waals surface area contributed by atoms with Crippen LogP contribution in [0.15, 0.2) is 30.6 Å². The molecule has 4 rings (SSSR count). The third-order valence-electron chi connectivity index (χ3n) is 5.37. The van der Waals surface area contributed by atoms with Crippen LogP contribution in [0.5, 0.6) is 5.88 Å². The molecule has 1 aliphatic rings. The summed E-state index contributed by atoms with van der Waals surface area (Å²) in [6.45, 7) is 7.03. The summed E-state index contributed by atoms with van der Waals surface area (Å²) in [5.41, 5.74) is 2.40. The Bertz CT molecular complexity index is 1290.